The van der Waals surface area contributed by atoms with Gasteiger partial charge in [-0.05, 0) is 38.3 Å². The minimum absolute atomic E-state index is 0.348. The van der Waals surface area contributed by atoms with E-state index in [2.05, 4.69) is 19.1 Å². The van der Waals surface area contributed by atoms with E-state index in [9.17, 15) is 4.79 Å². The van der Waals surface area contributed by atoms with E-state index in [-0.39, 0.29) is 5.24 Å². The zero-order valence-corrected chi connectivity index (χ0v) is 8.69. The highest BCUT2D eigenvalue weighted by Gasteiger charge is 2.06. The maximum atomic E-state index is 11.0. The molecular weight excluding hydrogens is 184 g/mol. The molecule has 13 heavy (non-hydrogen) atoms. The highest BCUT2D eigenvalue weighted by molar-refractivity contribution is 6.67. The molecule has 0 saturated heterocycles. The maximum Gasteiger partial charge on any atom is 0.248 e. The third-order valence-corrected chi connectivity index (χ3v) is 2.31. The van der Waals surface area contributed by atoms with Crippen molar-refractivity contribution in [1.82, 2.24) is 0 Å². The third-order valence-electron chi connectivity index (χ3n) is 2.07. The fourth-order valence-corrected chi connectivity index (χ4v) is 1.35. The fraction of sp³-hybridized carbons (Fsp3) is 0.364. The zero-order chi connectivity index (χ0) is 9.84. The maximum absolute atomic E-state index is 11.0. The van der Waals surface area contributed by atoms with Gasteiger partial charge in [-0.1, -0.05) is 29.4 Å². The lowest BCUT2D eigenvalue weighted by molar-refractivity contribution is -0.108. The van der Waals surface area contributed by atoms with Crippen LogP contribution in [0, 0.1) is 0 Å². The third kappa shape index (κ3) is 3.19. The van der Waals surface area contributed by atoms with Gasteiger partial charge < -0.3 is 0 Å². The quantitative estimate of drug-likeness (QED) is 0.464. The van der Waals surface area contributed by atoms with Crippen LogP contribution >= 0.6 is 11.6 Å². The molecule has 0 aromatic rings. The summed E-state index contributed by atoms with van der Waals surface area (Å²) in [6, 6.07) is 0. The first-order valence-electron chi connectivity index (χ1n) is 4.32. The van der Waals surface area contributed by atoms with Gasteiger partial charge in [0.15, 0.2) is 0 Å². The van der Waals surface area contributed by atoms with E-state index in [1.54, 1.807) is 0 Å². The number of carbonyl (C=O) groups excluding carboxylic acids is 1. The molecule has 0 heterocycles. The van der Waals surface area contributed by atoms with Crippen LogP contribution < -0.4 is 0 Å². The fourth-order valence-electron chi connectivity index (χ4n) is 1.22. The predicted octanol–water partition coefficient (Wildman–Crippen LogP) is 3.36. The smallest absolute Gasteiger partial charge is 0.248 e. The van der Waals surface area contributed by atoms with E-state index in [0.29, 0.717) is 12.0 Å². The summed E-state index contributed by atoms with van der Waals surface area (Å²) in [5, 5.41) is -0.348. The lowest BCUT2D eigenvalue weighted by atomic mass is 10.0. The van der Waals surface area contributed by atoms with Crippen molar-refractivity contribution in [3.8, 4) is 0 Å². The molecule has 0 N–H and O–H groups in total. The largest absolute Gasteiger partial charge is 0.276 e. The lowest BCUT2D eigenvalue weighted by Crippen LogP contribution is -1.95. The molecule has 0 amide bonds. The molecule has 1 aliphatic carbocycles. The van der Waals surface area contributed by atoms with Crippen molar-refractivity contribution >= 4 is 16.8 Å². The number of hydrogen-bond acceptors (Lipinski definition) is 1. The molecule has 0 unspecified atom stereocenters. The van der Waals surface area contributed by atoms with Crippen molar-refractivity contribution in [2.45, 2.75) is 26.7 Å². The van der Waals surface area contributed by atoms with Crippen molar-refractivity contribution in [2.24, 2.45) is 0 Å². The number of hydrogen-bond donors (Lipinski definition) is 0. The van der Waals surface area contributed by atoms with Gasteiger partial charge in [-0.15, -0.1) is 0 Å². The molecule has 0 saturated carbocycles. The summed E-state index contributed by atoms with van der Waals surface area (Å²) in [6.07, 6.45) is 7.63. The Balaban J connectivity index is 2.96. The molecule has 2 heteroatoms. The van der Waals surface area contributed by atoms with Crippen LogP contribution in [0.1, 0.15) is 26.7 Å². The second-order valence-electron chi connectivity index (χ2n) is 3.35. The summed E-state index contributed by atoms with van der Waals surface area (Å²) in [6.45, 7) is 4.05. The first kappa shape index (κ1) is 10.3. The molecule has 0 aromatic heterocycles. The normalized spacial score (nSPS) is 29.9. The Morgan fingerprint density at radius 1 is 1.31 bits per heavy atom. The van der Waals surface area contributed by atoms with E-state index >= 15 is 0 Å². The summed E-state index contributed by atoms with van der Waals surface area (Å²) >= 11 is 5.43. The van der Waals surface area contributed by atoms with Gasteiger partial charge in [0, 0.05) is 5.57 Å². The van der Waals surface area contributed by atoms with Crippen LogP contribution in [0.3, 0.4) is 0 Å². The molecule has 0 spiro atoms. The van der Waals surface area contributed by atoms with Crippen LogP contribution in [-0.2, 0) is 4.79 Å². The highest BCUT2D eigenvalue weighted by Crippen LogP contribution is 2.17. The van der Waals surface area contributed by atoms with E-state index in [0.717, 1.165) is 12.0 Å². The number of allylic oxidation sites excluding steroid dienone is 6. The molecule has 70 valence electrons. The van der Waals surface area contributed by atoms with Gasteiger partial charge in [-0.25, -0.2) is 0 Å². The van der Waals surface area contributed by atoms with E-state index in [1.807, 2.05) is 13.0 Å². The molecule has 1 nitrogen and oxygen atoms in total. The summed E-state index contributed by atoms with van der Waals surface area (Å²) < 4.78 is 0. The van der Waals surface area contributed by atoms with Crippen LogP contribution in [0.5, 0.6) is 0 Å². The summed E-state index contributed by atoms with van der Waals surface area (Å²) in [4.78, 5) is 11.0. The van der Waals surface area contributed by atoms with Gasteiger partial charge in [0.2, 0.25) is 5.24 Å². The first-order valence-corrected chi connectivity index (χ1v) is 4.70. The van der Waals surface area contributed by atoms with Gasteiger partial charge in [-0.3, -0.25) is 4.79 Å². The summed E-state index contributed by atoms with van der Waals surface area (Å²) in [5.74, 6) is 0. The Morgan fingerprint density at radius 3 is 2.62 bits per heavy atom. The molecule has 0 atom stereocenters. The number of rotatable bonds is 1. The van der Waals surface area contributed by atoms with Crippen LogP contribution in [0.2, 0.25) is 0 Å². The van der Waals surface area contributed by atoms with Crippen molar-refractivity contribution in [1.29, 1.82) is 0 Å². The van der Waals surface area contributed by atoms with E-state index in [1.165, 1.54) is 5.57 Å². The first-order chi connectivity index (χ1) is 6.09. The van der Waals surface area contributed by atoms with Crippen molar-refractivity contribution < 1.29 is 4.79 Å². The Labute approximate surface area is 83.8 Å². The standard InChI is InChI=1S/C11H13ClO/c1-8-3-4-9(2)7-10(6-5-8)11(12)13/h4-5,7H,3,6H2,1-2H3/b8-5-,9-4-,10-7+. The average Bonchev–Trinajstić information content (AvgIpc) is 2.05. The highest BCUT2D eigenvalue weighted by atomic mass is 35.5. The predicted molar refractivity (Wildman–Crippen MR) is 55.7 cm³/mol. The molecule has 0 fully saturated rings. The average molecular weight is 197 g/mol. The topological polar surface area (TPSA) is 17.1 Å². The molecule has 1 rings (SSSR count). The van der Waals surface area contributed by atoms with Crippen molar-refractivity contribution in [3.05, 3.63) is 34.9 Å². The van der Waals surface area contributed by atoms with Crippen LogP contribution in [-0.4, -0.2) is 5.24 Å². The Morgan fingerprint density at radius 2 is 2.00 bits per heavy atom. The van der Waals surface area contributed by atoms with Crippen LogP contribution in [0.15, 0.2) is 34.9 Å². The van der Waals surface area contributed by atoms with Gasteiger partial charge in [0.1, 0.15) is 0 Å². The molecule has 0 bridgehead atoms. The molecular formula is C11H13ClO. The molecule has 0 aliphatic heterocycles. The Bertz CT molecular complexity index is 308. The minimum atomic E-state index is -0.348. The van der Waals surface area contributed by atoms with E-state index in [4.69, 9.17) is 11.6 Å². The van der Waals surface area contributed by atoms with Gasteiger partial charge >= 0.3 is 0 Å². The van der Waals surface area contributed by atoms with Crippen LogP contribution in [0.25, 0.3) is 0 Å². The van der Waals surface area contributed by atoms with Gasteiger partial charge in [-0.2, -0.15) is 0 Å². The second-order valence-corrected chi connectivity index (χ2v) is 3.69. The molecule has 0 radical (unpaired) electrons. The Kier molecular flexibility index (Phi) is 3.49. The number of carbonyl (C=O) groups is 1. The van der Waals surface area contributed by atoms with E-state index < -0.39 is 0 Å². The van der Waals surface area contributed by atoms with Crippen LogP contribution in [0.4, 0.5) is 0 Å². The van der Waals surface area contributed by atoms with Crippen molar-refractivity contribution in [2.75, 3.05) is 0 Å². The second kappa shape index (κ2) is 4.43. The summed E-state index contributed by atoms with van der Waals surface area (Å²) in [7, 11) is 0. The zero-order valence-electron chi connectivity index (χ0n) is 7.93. The lowest BCUT2D eigenvalue weighted by Gasteiger charge is -2.05. The van der Waals surface area contributed by atoms with Crippen molar-refractivity contribution in [3.63, 3.8) is 0 Å². The van der Waals surface area contributed by atoms with Gasteiger partial charge in [0.05, 0.1) is 0 Å². The molecule has 0 aromatic carbocycles. The molecule has 1 aliphatic rings. The summed E-state index contributed by atoms with van der Waals surface area (Å²) in [5.41, 5.74) is 3.06. The van der Waals surface area contributed by atoms with Gasteiger partial charge in [0.25, 0.3) is 0 Å². The SMILES string of the molecule is CC1=C/C/C(C)=C\C/C(C(=O)Cl)=C\1. The number of halogens is 1. The minimum Gasteiger partial charge on any atom is -0.276 e. The monoisotopic (exact) mass is 196 g/mol. The Hall–Kier alpha value is -0.820.